The second-order valence-electron chi connectivity index (χ2n) is 9.92. The zero-order valence-electron chi connectivity index (χ0n) is 20.0. The highest BCUT2D eigenvalue weighted by Gasteiger charge is 2.30. The maximum Gasteiger partial charge on any atom is 0.408 e. The number of hydrogen-bond donors (Lipinski definition) is 3. The summed E-state index contributed by atoms with van der Waals surface area (Å²) in [5, 5.41) is 27.4. The zero-order chi connectivity index (χ0) is 25.3. The number of benzene rings is 1. The van der Waals surface area contributed by atoms with E-state index in [9.17, 15) is 24.3 Å². The second kappa shape index (κ2) is 9.41. The van der Waals surface area contributed by atoms with Crippen LogP contribution in [0.2, 0.25) is 0 Å². The van der Waals surface area contributed by atoms with Crippen molar-refractivity contribution >= 4 is 28.5 Å². The summed E-state index contributed by atoms with van der Waals surface area (Å²) in [6, 6.07) is 8.30. The first-order valence-corrected chi connectivity index (χ1v) is 11.7. The number of nitriles is 1. The van der Waals surface area contributed by atoms with Crippen LogP contribution >= 0.6 is 0 Å². The first kappa shape index (κ1) is 24.3. The SMILES string of the molecule is CC(C)(C)N(Cc1cc(Nc2nn(C3CCCCC3C#N)c3cc[nH]c(=O)c23)ccc1F)C(=O)O. The zero-order valence-corrected chi connectivity index (χ0v) is 20.0. The largest absolute Gasteiger partial charge is 0.465 e. The van der Waals surface area contributed by atoms with E-state index in [0.717, 1.165) is 30.6 Å². The predicted molar refractivity (Wildman–Crippen MR) is 130 cm³/mol. The molecule has 0 spiro atoms. The number of aromatic nitrogens is 3. The smallest absolute Gasteiger partial charge is 0.408 e. The van der Waals surface area contributed by atoms with E-state index in [2.05, 4.69) is 21.5 Å². The minimum absolute atomic E-state index is 0.137. The minimum atomic E-state index is -1.15. The van der Waals surface area contributed by atoms with Gasteiger partial charge in [0.1, 0.15) is 11.2 Å². The van der Waals surface area contributed by atoms with Crippen LogP contribution in [0.5, 0.6) is 0 Å². The number of aromatic amines is 1. The molecule has 2 aromatic heterocycles. The maximum atomic E-state index is 14.6. The Morgan fingerprint density at radius 1 is 1.34 bits per heavy atom. The van der Waals surface area contributed by atoms with Gasteiger partial charge in [0.15, 0.2) is 5.82 Å². The van der Waals surface area contributed by atoms with E-state index in [0.29, 0.717) is 22.4 Å². The number of amides is 1. The maximum absolute atomic E-state index is 14.6. The molecule has 2 unspecified atom stereocenters. The first-order chi connectivity index (χ1) is 16.6. The van der Waals surface area contributed by atoms with Crippen molar-refractivity contribution in [3.05, 3.63) is 52.2 Å². The molecule has 0 bridgehead atoms. The fraction of sp³-hybridized carbons (Fsp3) is 0.440. The summed E-state index contributed by atoms with van der Waals surface area (Å²) in [5.41, 5.74) is 0.238. The van der Waals surface area contributed by atoms with Crippen LogP contribution in [0.4, 0.5) is 20.7 Å². The van der Waals surface area contributed by atoms with Gasteiger partial charge >= 0.3 is 6.09 Å². The third kappa shape index (κ3) is 4.85. The topological polar surface area (TPSA) is 127 Å². The van der Waals surface area contributed by atoms with Crippen LogP contribution in [0.1, 0.15) is 58.1 Å². The van der Waals surface area contributed by atoms with E-state index in [-0.39, 0.29) is 29.6 Å². The summed E-state index contributed by atoms with van der Waals surface area (Å²) >= 11 is 0. The number of nitrogens with zero attached hydrogens (tertiary/aromatic N) is 4. The Hall–Kier alpha value is -3.87. The van der Waals surface area contributed by atoms with Crippen molar-refractivity contribution in [1.82, 2.24) is 19.7 Å². The van der Waals surface area contributed by atoms with E-state index >= 15 is 0 Å². The van der Waals surface area contributed by atoms with Gasteiger partial charge in [0.2, 0.25) is 0 Å². The van der Waals surface area contributed by atoms with E-state index in [1.54, 1.807) is 37.7 Å². The summed E-state index contributed by atoms with van der Waals surface area (Å²) in [7, 11) is 0. The van der Waals surface area contributed by atoms with Gasteiger partial charge in [-0.1, -0.05) is 12.8 Å². The van der Waals surface area contributed by atoms with Crippen LogP contribution in [-0.2, 0) is 6.54 Å². The van der Waals surface area contributed by atoms with Crippen molar-refractivity contribution in [1.29, 1.82) is 5.26 Å². The van der Waals surface area contributed by atoms with Crippen LogP contribution in [0, 0.1) is 23.1 Å². The molecule has 35 heavy (non-hydrogen) atoms. The molecule has 1 fully saturated rings. The molecule has 2 atom stereocenters. The van der Waals surface area contributed by atoms with Gasteiger partial charge in [0.05, 0.1) is 30.1 Å². The summed E-state index contributed by atoms with van der Waals surface area (Å²) < 4.78 is 16.4. The number of rotatable bonds is 5. The standard InChI is InChI=1S/C25H29FN6O3/c1-25(2,3)31(24(34)35)14-16-12-17(8-9-18(16)26)29-22-21-20(10-11-28-23(21)33)32(30-22)19-7-5-4-6-15(19)13-27/h8-12,15,19H,4-7,14H2,1-3H3,(H,28,33)(H,29,30)(H,34,35). The molecule has 9 nitrogen and oxygen atoms in total. The van der Waals surface area contributed by atoms with Crippen molar-refractivity contribution in [3.63, 3.8) is 0 Å². The van der Waals surface area contributed by atoms with Gasteiger partial charge in [-0.05, 0) is 57.9 Å². The molecule has 1 aliphatic carbocycles. The number of hydrogen-bond acceptors (Lipinski definition) is 5. The van der Waals surface area contributed by atoms with Gasteiger partial charge in [-0.2, -0.15) is 10.4 Å². The van der Waals surface area contributed by atoms with Crippen LogP contribution in [-0.4, -0.2) is 36.4 Å². The van der Waals surface area contributed by atoms with Gasteiger partial charge in [0.25, 0.3) is 5.56 Å². The number of fused-ring (bicyclic) bond motifs is 1. The van der Waals surface area contributed by atoms with E-state index < -0.39 is 17.4 Å². The van der Waals surface area contributed by atoms with E-state index in [4.69, 9.17) is 0 Å². The number of anilines is 2. The third-order valence-corrected chi connectivity index (χ3v) is 6.52. The number of halogens is 1. The van der Waals surface area contributed by atoms with Gasteiger partial charge in [-0.25, -0.2) is 9.18 Å². The highest BCUT2D eigenvalue weighted by molar-refractivity contribution is 5.91. The minimum Gasteiger partial charge on any atom is -0.465 e. The molecule has 184 valence electrons. The lowest BCUT2D eigenvalue weighted by Gasteiger charge is -2.33. The molecule has 0 aliphatic heterocycles. The molecule has 1 aromatic carbocycles. The lowest BCUT2D eigenvalue weighted by atomic mass is 9.85. The molecule has 1 saturated carbocycles. The molecule has 1 aliphatic rings. The molecule has 0 radical (unpaired) electrons. The van der Waals surface area contributed by atoms with Crippen LogP contribution in [0.15, 0.2) is 35.3 Å². The second-order valence-corrected chi connectivity index (χ2v) is 9.92. The molecule has 10 heteroatoms. The fourth-order valence-electron chi connectivity index (χ4n) is 4.67. The Labute approximate surface area is 202 Å². The van der Waals surface area contributed by atoms with Crippen molar-refractivity contribution in [2.45, 2.75) is 64.6 Å². The number of nitrogens with one attached hydrogen (secondary N) is 2. The van der Waals surface area contributed by atoms with Crippen molar-refractivity contribution in [3.8, 4) is 6.07 Å². The molecule has 1 amide bonds. The van der Waals surface area contributed by atoms with Crippen molar-refractivity contribution in [2.75, 3.05) is 5.32 Å². The van der Waals surface area contributed by atoms with Gasteiger partial charge in [-0.15, -0.1) is 0 Å². The Morgan fingerprint density at radius 2 is 2.09 bits per heavy atom. The normalized spacial score (nSPS) is 18.3. The average molecular weight is 481 g/mol. The number of H-pyrrole nitrogens is 1. The molecule has 3 N–H and O–H groups in total. The Morgan fingerprint density at radius 3 is 2.77 bits per heavy atom. The Bertz CT molecular complexity index is 1350. The van der Waals surface area contributed by atoms with Gasteiger partial charge < -0.3 is 15.4 Å². The van der Waals surface area contributed by atoms with Gasteiger partial charge in [-0.3, -0.25) is 14.4 Å². The van der Waals surface area contributed by atoms with Crippen LogP contribution < -0.4 is 10.9 Å². The predicted octanol–water partition coefficient (Wildman–Crippen LogP) is 5.14. The molecule has 3 aromatic rings. The lowest BCUT2D eigenvalue weighted by molar-refractivity contribution is 0.0949. The van der Waals surface area contributed by atoms with Crippen LogP contribution in [0.25, 0.3) is 10.9 Å². The molecule has 2 heterocycles. The van der Waals surface area contributed by atoms with E-state index in [1.807, 2.05) is 0 Å². The fourth-order valence-corrected chi connectivity index (χ4v) is 4.67. The molecular weight excluding hydrogens is 451 g/mol. The summed E-state index contributed by atoms with van der Waals surface area (Å²) in [6.45, 7) is 5.09. The molecule has 0 saturated heterocycles. The highest BCUT2D eigenvalue weighted by atomic mass is 19.1. The van der Waals surface area contributed by atoms with Crippen LogP contribution in [0.3, 0.4) is 0 Å². The Balaban J connectivity index is 1.73. The third-order valence-electron chi connectivity index (χ3n) is 6.52. The molecular formula is C25H29FN6O3. The quantitative estimate of drug-likeness (QED) is 0.464. The van der Waals surface area contributed by atoms with Crippen molar-refractivity contribution in [2.24, 2.45) is 5.92 Å². The van der Waals surface area contributed by atoms with Gasteiger partial charge in [0, 0.05) is 23.0 Å². The average Bonchev–Trinajstić information content (AvgIpc) is 3.17. The summed E-state index contributed by atoms with van der Waals surface area (Å²) in [4.78, 5) is 28.3. The lowest BCUT2D eigenvalue weighted by Crippen LogP contribution is -2.44. The summed E-state index contributed by atoms with van der Waals surface area (Å²) in [6.07, 6.45) is 3.94. The number of pyridine rings is 1. The van der Waals surface area contributed by atoms with Crippen molar-refractivity contribution < 1.29 is 14.3 Å². The van der Waals surface area contributed by atoms with E-state index in [1.165, 1.54) is 18.2 Å². The number of carboxylic acid groups (broad SMARTS) is 1. The Kier molecular flexibility index (Phi) is 6.52. The highest BCUT2D eigenvalue weighted by Crippen LogP contribution is 2.36. The monoisotopic (exact) mass is 480 g/mol. The first-order valence-electron chi connectivity index (χ1n) is 11.7. The number of carbonyl (C=O) groups is 1. The molecule has 4 rings (SSSR count). The summed E-state index contributed by atoms with van der Waals surface area (Å²) in [5.74, 6) is -0.429.